The summed E-state index contributed by atoms with van der Waals surface area (Å²) in [5.41, 5.74) is 2.82. The van der Waals surface area contributed by atoms with Crippen molar-refractivity contribution in [3.05, 3.63) is 88.0 Å². The minimum atomic E-state index is -0.540. The monoisotopic (exact) mass is 557 g/mol. The van der Waals surface area contributed by atoms with Crippen LogP contribution in [0.4, 0.5) is 16.2 Å². The largest absolute Gasteiger partial charge is 0.444 e. The fourth-order valence-corrected chi connectivity index (χ4v) is 4.64. The molecule has 2 amide bonds. The highest BCUT2D eigenvalue weighted by atomic mass is 16.6. The molecule has 0 atom stereocenters. The molecule has 1 saturated heterocycles. The molecular weight excluding hydrogens is 526 g/mol. The molecular formula is C30H31N5O6. The molecule has 3 aromatic carbocycles. The first kappa shape index (κ1) is 27.8. The third-order valence-corrected chi connectivity index (χ3v) is 6.64. The highest BCUT2D eigenvalue weighted by molar-refractivity contribution is 6.06. The molecule has 1 aliphatic heterocycles. The quantitative estimate of drug-likeness (QED) is 0.236. The smallest absolute Gasteiger partial charge is 0.410 e. The molecule has 0 spiro atoms. The van der Waals surface area contributed by atoms with Gasteiger partial charge in [-0.05, 0) is 45.0 Å². The van der Waals surface area contributed by atoms with E-state index < -0.39 is 16.4 Å². The van der Waals surface area contributed by atoms with Gasteiger partial charge in [0.05, 0.1) is 16.2 Å². The number of amides is 2. The molecule has 11 nitrogen and oxygen atoms in total. The van der Waals surface area contributed by atoms with E-state index in [-0.39, 0.29) is 17.3 Å². The number of hydrogen-bond acceptors (Lipinski definition) is 8. The number of benzene rings is 3. The summed E-state index contributed by atoms with van der Waals surface area (Å²) in [7, 11) is 0. The highest BCUT2D eigenvalue weighted by Gasteiger charge is 2.26. The van der Waals surface area contributed by atoms with Crippen LogP contribution in [-0.4, -0.2) is 63.5 Å². The lowest BCUT2D eigenvalue weighted by atomic mass is 10.1. The van der Waals surface area contributed by atoms with Gasteiger partial charge in [0.15, 0.2) is 5.58 Å². The summed E-state index contributed by atoms with van der Waals surface area (Å²) in [6.45, 7) is 8.74. The molecule has 0 unspecified atom stereocenters. The second-order valence-electron chi connectivity index (χ2n) is 10.8. The molecule has 5 rings (SSSR count). The first-order valence-corrected chi connectivity index (χ1v) is 13.3. The fraction of sp³-hybridized carbons (Fsp3) is 0.300. The molecule has 0 aliphatic carbocycles. The van der Waals surface area contributed by atoms with Gasteiger partial charge in [-0.25, -0.2) is 9.78 Å². The molecule has 1 fully saturated rings. The van der Waals surface area contributed by atoms with Gasteiger partial charge in [-0.2, -0.15) is 0 Å². The van der Waals surface area contributed by atoms with Crippen molar-refractivity contribution >= 4 is 34.5 Å². The number of oxazole rings is 1. The lowest BCUT2D eigenvalue weighted by molar-refractivity contribution is -0.384. The normalized spacial score (nSPS) is 14.2. The van der Waals surface area contributed by atoms with E-state index >= 15 is 0 Å². The number of anilines is 1. The van der Waals surface area contributed by atoms with Crippen molar-refractivity contribution in [3.8, 4) is 11.5 Å². The Bertz CT molecular complexity index is 1600. The van der Waals surface area contributed by atoms with E-state index in [1.807, 2.05) is 45.0 Å². The molecule has 1 aromatic heterocycles. The number of nitrogens with one attached hydrogen (secondary N) is 1. The van der Waals surface area contributed by atoms with Crippen LogP contribution in [0.25, 0.3) is 22.6 Å². The van der Waals surface area contributed by atoms with Crippen LogP contribution in [-0.2, 0) is 11.3 Å². The number of ether oxygens (including phenoxy) is 1. The maximum Gasteiger partial charge on any atom is 0.410 e. The number of carbonyl (C=O) groups is 2. The van der Waals surface area contributed by atoms with Crippen molar-refractivity contribution in [2.24, 2.45) is 0 Å². The molecule has 1 aliphatic rings. The highest BCUT2D eigenvalue weighted by Crippen LogP contribution is 2.32. The maximum atomic E-state index is 12.9. The summed E-state index contributed by atoms with van der Waals surface area (Å²) in [5, 5.41) is 14.0. The first-order valence-electron chi connectivity index (χ1n) is 13.3. The summed E-state index contributed by atoms with van der Waals surface area (Å²) < 4.78 is 11.8. The van der Waals surface area contributed by atoms with Gasteiger partial charge in [-0.1, -0.05) is 30.3 Å². The zero-order valence-corrected chi connectivity index (χ0v) is 23.1. The molecule has 11 heteroatoms. The van der Waals surface area contributed by atoms with Crippen LogP contribution < -0.4 is 5.32 Å². The molecule has 4 aromatic rings. The Kier molecular flexibility index (Phi) is 7.71. The SMILES string of the molecule is CC(C)(C)OC(=O)N1CCN(Cc2cccc3nc(-c4ccccc4NC(=O)c4cccc([N+](=O)[O-])c4)oc23)CC1. The summed E-state index contributed by atoms with van der Waals surface area (Å²) in [6, 6.07) is 18.5. The van der Waals surface area contributed by atoms with Gasteiger partial charge in [0, 0.05) is 56.0 Å². The van der Waals surface area contributed by atoms with Gasteiger partial charge in [0.1, 0.15) is 11.1 Å². The number of rotatable bonds is 6. The minimum Gasteiger partial charge on any atom is -0.444 e. The summed E-state index contributed by atoms with van der Waals surface area (Å²) >= 11 is 0. The lowest BCUT2D eigenvalue weighted by Crippen LogP contribution is -2.49. The van der Waals surface area contributed by atoms with Crippen LogP contribution in [0, 0.1) is 10.1 Å². The van der Waals surface area contributed by atoms with Gasteiger partial charge in [0.25, 0.3) is 11.6 Å². The zero-order valence-electron chi connectivity index (χ0n) is 23.1. The standard InChI is InChI=1S/C30H31N5O6/c1-30(2,3)41-29(37)34-16-14-33(15-17-34)19-21-9-7-13-25-26(21)40-28(32-25)23-11-4-5-12-24(23)31-27(36)20-8-6-10-22(18-20)35(38)39/h4-13,18H,14-17,19H2,1-3H3,(H,31,36). The third-order valence-electron chi connectivity index (χ3n) is 6.64. The van der Waals surface area contributed by atoms with E-state index in [9.17, 15) is 19.7 Å². The number of aromatic nitrogens is 1. The van der Waals surface area contributed by atoms with E-state index in [1.54, 1.807) is 23.1 Å². The average Bonchev–Trinajstić information content (AvgIpc) is 3.38. The average molecular weight is 558 g/mol. The number of piperazine rings is 1. The minimum absolute atomic E-state index is 0.163. The van der Waals surface area contributed by atoms with Gasteiger partial charge >= 0.3 is 6.09 Å². The van der Waals surface area contributed by atoms with E-state index in [0.29, 0.717) is 61.0 Å². The van der Waals surface area contributed by atoms with Crippen molar-refractivity contribution < 1.29 is 23.7 Å². The Balaban J connectivity index is 1.32. The van der Waals surface area contributed by atoms with E-state index in [1.165, 1.54) is 24.3 Å². The second-order valence-corrected chi connectivity index (χ2v) is 10.8. The molecule has 41 heavy (non-hydrogen) atoms. The molecule has 0 bridgehead atoms. The van der Waals surface area contributed by atoms with E-state index in [0.717, 1.165) is 5.56 Å². The number of para-hydroxylation sites is 2. The lowest BCUT2D eigenvalue weighted by Gasteiger charge is -2.35. The van der Waals surface area contributed by atoms with Gasteiger partial charge in [-0.15, -0.1) is 0 Å². The number of nitrogens with zero attached hydrogens (tertiary/aromatic N) is 4. The molecule has 1 N–H and O–H groups in total. The Morgan fingerprint density at radius 1 is 1.02 bits per heavy atom. The van der Waals surface area contributed by atoms with Crippen molar-refractivity contribution in [1.29, 1.82) is 0 Å². The molecule has 2 heterocycles. The number of nitro groups is 1. The van der Waals surface area contributed by atoms with E-state index in [2.05, 4.69) is 15.2 Å². The van der Waals surface area contributed by atoms with Gasteiger partial charge in [0.2, 0.25) is 5.89 Å². The second kappa shape index (κ2) is 11.4. The van der Waals surface area contributed by atoms with Crippen molar-refractivity contribution in [3.63, 3.8) is 0 Å². The maximum absolute atomic E-state index is 12.9. The first-order chi connectivity index (χ1) is 19.6. The van der Waals surface area contributed by atoms with Gasteiger partial charge in [-0.3, -0.25) is 19.8 Å². The molecule has 0 saturated carbocycles. The van der Waals surface area contributed by atoms with Crippen LogP contribution >= 0.6 is 0 Å². The molecule has 212 valence electrons. The predicted molar refractivity (Wildman–Crippen MR) is 154 cm³/mol. The number of nitro benzene ring substituents is 1. The van der Waals surface area contributed by atoms with Crippen LogP contribution in [0.5, 0.6) is 0 Å². The summed E-state index contributed by atoms with van der Waals surface area (Å²) in [5.74, 6) is -0.138. The van der Waals surface area contributed by atoms with Crippen molar-refractivity contribution in [2.45, 2.75) is 32.9 Å². The van der Waals surface area contributed by atoms with Crippen LogP contribution in [0.3, 0.4) is 0 Å². The van der Waals surface area contributed by atoms with Crippen molar-refractivity contribution in [2.75, 3.05) is 31.5 Å². The Hall–Kier alpha value is -4.77. The summed E-state index contributed by atoms with van der Waals surface area (Å²) in [4.78, 5) is 44.6. The number of non-ortho nitro benzene ring substituents is 1. The van der Waals surface area contributed by atoms with E-state index in [4.69, 9.17) is 9.15 Å². The number of hydrogen-bond donors (Lipinski definition) is 1. The predicted octanol–water partition coefficient (Wildman–Crippen LogP) is 5.71. The zero-order chi connectivity index (χ0) is 29.1. The third kappa shape index (κ3) is 6.52. The van der Waals surface area contributed by atoms with Crippen LogP contribution in [0.2, 0.25) is 0 Å². The van der Waals surface area contributed by atoms with Crippen molar-refractivity contribution in [1.82, 2.24) is 14.8 Å². The summed E-state index contributed by atoms with van der Waals surface area (Å²) in [6.07, 6.45) is -0.296. The Labute approximate surface area is 236 Å². The van der Waals surface area contributed by atoms with Gasteiger partial charge < -0.3 is 19.4 Å². The topological polar surface area (TPSA) is 131 Å². The Morgan fingerprint density at radius 3 is 2.49 bits per heavy atom. The Morgan fingerprint density at radius 2 is 1.76 bits per heavy atom. The van der Waals surface area contributed by atoms with Crippen LogP contribution in [0.15, 0.2) is 71.1 Å². The molecule has 0 radical (unpaired) electrons. The number of carbonyl (C=O) groups excluding carboxylic acids is 2. The fourth-order valence-electron chi connectivity index (χ4n) is 4.64. The van der Waals surface area contributed by atoms with Crippen LogP contribution in [0.1, 0.15) is 36.7 Å². The number of fused-ring (bicyclic) bond motifs is 1.